The Kier molecular flexibility index (Phi) is 5.34. The fourth-order valence-electron chi connectivity index (χ4n) is 4.10. The van der Waals surface area contributed by atoms with Gasteiger partial charge >= 0.3 is 0 Å². The van der Waals surface area contributed by atoms with Crippen LogP contribution in [0.25, 0.3) is 0 Å². The highest BCUT2D eigenvalue weighted by atomic mass is 16.6. The van der Waals surface area contributed by atoms with Crippen LogP contribution in [0.2, 0.25) is 0 Å². The van der Waals surface area contributed by atoms with Crippen LogP contribution in [-0.4, -0.2) is 41.3 Å². The van der Waals surface area contributed by atoms with Gasteiger partial charge in [0.2, 0.25) is 0 Å². The average molecular weight is 352 g/mol. The Bertz CT molecular complexity index is 711. The van der Waals surface area contributed by atoms with E-state index in [0.29, 0.717) is 6.61 Å². The van der Waals surface area contributed by atoms with Gasteiger partial charge in [0.05, 0.1) is 24.9 Å². The summed E-state index contributed by atoms with van der Waals surface area (Å²) in [7, 11) is 0. The molecule has 4 heteroatoms. The monoisotopic (exact) mass is 352 g/mol. The van der Waals surface area contributed by atoms with Gasteiger partial charge < -0.3 is 9.47 Å². The topological polar surface area (TPSA) is 34.6 Å². The van der Waals surface area contributed by atoms with Crippen LogP contribution in [0.1, 0.15) is 36.0 Å². The summed E-state index contributed by atoms with van der Waals surface area (Å²) >= 11 is 0. The molecule has 3 heterocycles. The van der Waals surface area contributed by atoms with Gasteiger partial charge in [-0.1, -0.05) is 24.3 Å². The fourth-order valence-corrected chi connectivity index (χ4v) is 4.10. The third-order valence-electron chi connectivity index (χ3n) is 5.83. The minimum absolute atomic E-state index is 0.0329. The molecule has 0 N–H and O–H groups in total. The summed E-state index contributed by atoms with van der Waals surface area (Å²) in [5.41, 5.74) is 4.03. The van der Waals surface area contributed by atoms with Crippen LogP contribution in [-0.2, 0) is 22.6 Å². The summed E-state index contributed by atoms with van der Waals surface area (Å²) in [5, 5.41) is 0. The summed E-state index contributed by atoms with van der Waals surface area (Å²) < 4.78 is 12.3. The molecule has 1 spiro atoms. The first kappa shape index (κ1) is 17.7. The van der Waals surface area contributed by atoms with Crippen LogP contribution >= 0.6 is 0 Å². The highest BCUT2D eigenvalue weighted by molar-refractivity contribution is 5.25. The summed E-state index contributed by atoms with van der Waals surface area (Å²) in [6.45, 7) is 6.82. The molecule has 26 heavy (non-hydrogen) atoms. The Hall–Kier alpha value is -1.75. The van der Waals surface area contributed by atoms with Crippen LogP contribution in [0, 0.1) is 6.92 Å². The van der Waals surface area contributed by atoms with Gasteiger partial charge in [-0.25, -0.2) is 0 Å². The first-order valence-electron chi connectivity index (χ1n) is 9.64. The van der Waals surface area contributed by atoms with Gasteiger partial charge in [0.1, 0.15) is 0 Å². The van der Waals surface area contributed by atoms with Crippen LogP contribution in [0.5, 0.6) is 0 Å². The molecule has 4 nitrogen and oxygen atoms in total. The van der Waals surface area contributed by atoms with Crippen molar-refractivity contribution in [1.29, 1.82) is 0 Å². The molecule has 1 aromatic carbocycles. The largest absolute Gasteiger partial charge is 0.372 e. The second kappa shape index (κ2) is 7.87. The first-order valence-corrected chi connectivity index (χ1v) is 9.64. The second-order valence-electron chi connectivity index (χ2n) is 7.69. The van der Waals surface area contributed by atoms with Gasteiger partial charge in [0.25, 0.3) is 0 Å². The van der Waals surface area contributed by atoms with Crippen molar-refractivity contribution in [1.82, 2.24) is 9.88 Å². The van der Waals surface area contributed by atoms with E-state index >= 15 is 0 Å². The Morgan fingerprint density at radius 1 is 1.15 bits per heavy atom. The molecular formula is C22H28N2O2. The highest BCUT2D eigenvalue weighted by Crippen LogP contribution is 2.37. The molecule has 2 aromatic rings. The van der Waals surface area contributed by atoms with Gasteiger partial charge in [-0.3, -0.25) is 9.88 Å². The van der Waals surface area contributed by atoms with Crippen LogP contribution in [0.15, 0.2) is 48.8 Å². The number of ether oxygens (including phenoxy) is 2. The van der Waals surface area contributed by atoms with Gasteiger partial charge in [-0.05, 0) is 48.6 Å². The lowest BCUT2D eigenvalue weighted by atomic mass is 9.87. The van der Waals surface area contributed by atoms with E-state index in [1.807, 2.05) is 24.5 Å². The molecule has 0 unspecified atom stereocenters. The zero-order valence-corrected chi connectivity index (χ0v) is 15.6. The molecule has 0 saturated carbocycles. The van der Waals surface area contributed by atoms with Crippen LogP contribution in [0.4, 0.5) is 0 Å². The lowest BCUT2D eigenvalue weighted by Gasteiger charge is -2.38. The quantitative estimate of drug-likeness (QED) is 0.821. The molecule has 1 atom stereocenters. The van der Waals surface area contributed by atoms with Crippen LogP contribution < -0.4 is 0 Å². The number of benzene rings is 1. The standard InChI is InChI=1S/C22H28N2O2/c1-18-4-2-3-5-20(18)15-24-12-8-22(9-13-24)14-21(17-26-22)25-16-19-6-10-23-11-7-19/h2-7,10-11,21H,8-9,12-17H2,1H3/t21-/m1/s1. The number of piperidine rings is 1. The number of pyridine rings is 1. The van der Waals surface area contributed by atoms with E-state index in [-0.39, 0.29) is 11.7 Å². The number of nitrogens with zero attached hydrogens (tertiary/aromatic N) is 2. The van der Waals surface area contributed by atoms with Crippen molar-refractivity contribution < 1.29 is 9.47 Å². The summed E-state index contributed by atoms with van der Waals surface area (Å²) in [6, 6.07) is 12.7. The molecule has 0 aliphatic carbocycles. The number of aryl methyl sites for hydroxylation is 1. The minimum atomic E-state index is 0.0329. The predicted molar refractivity (Wildman–Crippen MR) is 102 cm³/mol. The maximum Gasteiger partial charge on any atom is 0.0840 e. The van der Waals surface area contributed by atoms with Crippen molar-refractivity contribution in [2.75, 3.05) is 19.7 Å². The molecule has 2 aliphatic heterocycles. The van der Waals surface area contributed by atoms with E-state index in [1.54, 1.807) is 0 Å². The number of hydrogen-bond acceptors (Lipinski definition) is 4. The smallest absolute Gasteiger partial charge is 0.0840 e. The molecular weight excluding hydrogens is 324 g/mol. The highest BCUT2D eigenvalue weighted by Gasteiger charge is 2.43. The molecule has 2 fully saturated rings. The van der Waals surface area contributed by atoms with Gasteiger partial charge in [0.15, 0.2) is 0 Å². The molecule has 0 radical (unpaired) electrons. The zero-order valence-electron chi connectivity index (χ0n) is 15.6. The van der Waals surface area contributed by atoms with Crippen LogP contribution in [0.3, 0.4) is 0 Å². The van der Waals surface area contributed by atoms with Crippen molar-refractivity contribution in [2.24, 2.45) is 0 Å². The van der Waals surface area contributed by atoms with E-state index in [2.05, 4.69) is 41.1 Å². The maximum atomic E-state index is 6.24. The normalized spacial score (nSPS) is 22.7. The number of likely N-dealkylation sites (tertiary alicyclic amines) is 1. The average Bonchev–Trinajstić information content (AvgIpc) is 3.08. The fraction of sp³-hybridized carbons (Fsp3) is 0.500. The number of rotatable bonds is 5. The van der Waals surface area contributed by atoms with E-state index in [9.17, 15) is 0 Å². The second-order valence-corrected chi connectivity index (χ2v) is 7.69. The zero-order chi connectivity index (χ0) is 17.8. The van der Waals surface area contributed by atoms with Gasteiger partial charge in [0, 0.05) is 38.4 Å². The van der Waals surface area contributed by atoms with E-state index < -0.39 is 0 Å². The molecule has 2 aliphatic rings. The summed E-state index contributed by atoms with van der Waals surface area (Å²) in [4.78, 5) is 6.61. The molecule has 4 rings (SSSR count). The van der Waals surface area contributed by atoms with Gasteiger partial charge in [-0.15, -0.1) is 0 Å². The van der Waals surface area contributed by atoms with Crippen molar-refractivity contribution in [3.63, 3.8) is 0 Å². The molecule has 1 aromatic heterocycles. The van der Waals surface area contributed by atoms with Crippen molar-refractivity contribution in [2.45, 2.75) is 51.0 Å². The van der Waals surface area contributed by atoms with Crippen molar-refractivity contribution in [3.05, 3.63) is 65.5 Å². The van der Waals surface area contributed by atoms with E-state index in [0.717, 1.165) is 45.5 Å². The third kappa shape index (κ3) is 4.14. The Morgan fingerprint density at radius 2 is 1.92 bits per heavy atom. The Balaban J connectivity index is 1.26. The lowest BCUT2D eigenvalue weighted by molar-refractivity contribution is -0.0468. The Morgan fingerprint density at radius 3 is 2.69 bits per heavy atom. The first-order chi connectivity index (χ1) is 12.7. The Labute approximate surface area is 156 Å². The minimum Gasteiger partial charge on any atom is -0.372 e. The van der Waals surface area contributed by atoms with E-state index in [4.69, 9.17) is 9.47 Å². The SMILES string of the molecule is Cc1ccccc1CN1CCC2(CC1)C[C@@H](OCc1ccncc1)CO2. The number of aromatic nitrogens is 1. The number of hydrogen-bond donors (Lipinski definition) is 0. The van der Waals surface area contributed by atoms with Crippen molar-refractivity contribution in [3.8, 4) is 0 Å². The van der Waals surface area contributed by atoms with E-state index in [1.165, 1.54) is 16.7 Å². The molecule has 138 valence electrons. The summed E-state index contributed by atoms with van der Waals surface area (Å²) in [5.74, 6) is 0. The molecule has 0 bridgehead atoms. The molecule has 0 amide bonds. The maximum absolute atomic E-state index is 6.24. The third-order valence-corrected chi connectivity index (χ3v) is 5.83. The lowest BCUT2D eigenvalue weighted by Crippen LogP contribution is -2.44. The predicted octanol–water partition coefficient (Wildman–Crippen LogP) is 3.73. The van der Waals surface area contributed by atoms with Gasteiger partial charge in [-0.2, -0.15) is 0 Å². The summed E-state index contributed by atoms with van der Waals surface area (Å²) in [6.07, 6.45) is 7.08. The molecule has 2 saturated heterocycles. The van der Waals surface area contributed by atoms with Crippen molar-refractivity contribution >= 4 is 0 Å².